The van der Waals surface area contributed by atoms with Gasteiger partial charge in [0.2, 0.25) is 5.60 Å². The van der Waals surface area contributed by atoms with Gasteiger partial charge in [-0.05, 0) is 31.2 Å². The Kier molecular flexibility index (Phi) is 4.70. The number of rotatable bonds is 5. The van der Waals surface area contributed by atoms with E-state index in [2.05, 4.69) is 16.5 Å². The van der Waals surface area contributed by atoms with E-state index < -0.39 is 11.6 Å². The smallest absolute Gasteiger partial charge is 0.334 e. The second-order valence-corrected chi connectivity index (χ2v) is 5.65. The van der Waals surface area contributed by atoms with Crippen molar-refractivity contribution >= 4 is 5.97 Å². The van der Waals surface area contributed by atoms with Gasteiger partial charge in [-0.2, -0.15) is 0 Å². The Labute approximate surface area is 146 Å². The number of ether oxygens (including phenoxy) is 1. The summed E-state index contributed by atoms with van der Waals surface area (Å²) in [6, 6.07) is 20.5. The minimum absolute atomic E-state index is 0.312. The van der Waals surface area contributed by atoms with E-state index in [-0.39, 0.29) is 0 Å². The van der Waals surface area contributed by atoms with Crippen LogP contribution in [-0.4, -0.2) is 15.9 Å². The number of pyridine rings is 2. The van der Waals surface area contributed by atoms with Crippen LogP contribution in [0.5, 0.6) is 0 Å². The lowest BCUT2D eigenvalue weighted by Crippen LogP contribution is -2.37. The highest BCUT2D eigenvalue weighted by atomic mass is 16.6. The van der Waals surface area contributed by atoms with E-state index in [1.165, 1.54) is 0 Å². The Bertz CT molecular complexity index is 766. The number of carbonyl (C=O) groups excluding carboxylic acids is 1. The summed E-state index contributed by atoms with van der Waals surface area (Å²) in [5, 5.41) is 0. The first-order valence-corrected chi connectivity index (χ1v) is 7.92. The summed E-state index contributed by atoms with van der Waals surface area (Å²) < 4.78 is 5.99. The lowest BCUT2D eigenvalue weighted by atomic mass is 9.85. The Hall–Kier alpha value is -3.27. The van der Waals surface area contributed by atoms with Crippen molar-refractivity contribution in [1.82, 2.24) is 9.97 Å². The van der Waals surface area contributed by atoms with Crippen LogP contribution in [0.4, 0.5) is 0 Å². The van der Waals surface area contributed by atoms with Crippen LogP contribution in [0.2, 0.25) is 0 Å². The van der Waals surface area contributed by atoms with Crippen LogP contribution in [0.15, 0.2) is 91.3 Å². The molecule has 0 radical (unpaired) electrons. The SMILES string of the molecule is C=C(C)C(=O)OC(c1ccccc1)(c1ccccn1)c1ccccn1. The zero-order valence-corrected chi connectivity index (χ0v) is 13.9. The summed E-state index contributed by atoms with van der Waals surface area (Å²) in [5.41, 5.74) is 0.984. The molecule has 124 valence electrons. The Morgan fingerprint density at radius 3 is 1.84 bits per heavy atom. The van der Waals surface area contributed by atoms with Crippen molar-refractivity contribution in [2.24, 2.45) is 0 Å². The lowest BCUT2D eigenvalue weighted by Gasteiger charge is -2.33. The molecule has 4 heteroatoms. The van der Waals surface area contributed by atoms with Gasteiger partial charge >= 0.3 is 5.97 Å². The van der Waals surface area contributed by atoms with Gasteiger partial charge in [0.1, 0.15) is 0 Å². The molecule has 0 spiro atoms. The van der Waals surface area contributed by atoms with Crippen LogP contribution >= 0.6 is 0 Å². The molecule has 0 aliphatic rings. The summed E-state index contributed by atoms with van der Waals surface area (Å²) in [7, 11) is 0. The van der Waals surface area contributed by atoms with E-state index in [1.54, 1.807) is 19.3 Å². The van der Waals surface area contributed by atoms with Crippen molar-refractivity contribution in [3.05, 3.63) is 108 Å². The summed E-state index contributed by atoms with van der Waals surface area (Å²) >= 11 is 0. The summed E-state index contributed by atoms with van der Waals surface area (Å²) in [6.45, 7) is 5.32. The third-order valence-corrected chi connectivity index (χ3v) is 3.83. The summed E-state index contributed by atoms with van der Waals surface area (Å²) in [5.74, 6) is -0.500. The second kappa shape index (κ2) is 7.09. The fraction of sp³-hybridized carbons (Fsp3) is 0.0952. The molecule has 0 fully saturated rings. The maximum absolute atomic E-state index is 12.5. The first-order valence-electron chi connectivity index (χ1n) is 7.92. The van der Waals surface area contributed by atoms with Crippen molar-refractivity contribution in [1.29, 1.82) is 0 Å². The average molecular weight is 330 g/mol. The highest BCUT2D eigenvalue weighted by molar-refractivity contribution is 5.87. The Morgan fingerprint density at radius 1 is 0.880 bits per heavy atom. The van der Waals surface area contributed by atoms with Gasteiger partial charge in [-0.15, -0.1) is 0 Å². The van der Waals surface area contributed by atoms with Gasteiger partial charge < -0.3 is 4.74 Å². The maximum Gasteiger partial charge on any atom is 0.334 e. The first-order chi connectivity index (χ1) is 12.1. The molecule has 0 atom stereocenters. The van der Waals surface area contributed by atoms with Gasteiger partial charge in [0, 0.05) is 23.5 Å². The molecule has 0 aliphatic carbocycles. The molecule has 3 rings (SSSR count). The van der Waals surface area contributed by atoms with E-state index in [0.717, 1.165) is 5.56 Å². The highest BCUT2D eigenvalue weighted by Crippen LogP contribution is 2.38. The van der Waals surface area contributed by atoms with E-state index >= 15 is 0 Å². The molecule has 2 aromatic heterocycles. The molecule has 0 unspecified atom stereocenters. The maximum atomic E-state index is 12.5. The van der Waals surface area contributed by atoms with Crippen molar-refractivity contribution in [2.75, 3.05) is 0 Å². The fourth-order valence-electron chi connectivity index (χ4n) is 2.63. The van der Waals surface area contributed by atoms with Gasteiger partial charge in [-0.1, -0.05) is 49.0 Å². The molecule has 0 saturated heterocycles. The molecule has 1 aromatic carbocycles. The number of hydrogen-bond donors (Lipinski definition) is 0. The predicted octanol–water partition coefficient (Wildman–Crippen LogP) is 3.89. The van der Waals surface area contributed by atoms with Crippen LogP contribution in [0.3, 0.4) is 0 Å². The number of esters is 1. The highest BCUT2D eigenvalue weighted by Gasteiger charge is 2.43. The fourth-order valence-corrected chi connectivity index (χ4v) is 2.63. The van der Waals surface area contributed by atoms with Crippen molar-refractivity contribution in [3.63, 3.8) is 0 Å². The number of hydrogen-bond acceptors (Lipinski definition) is 4. The van der Waals surface area contributed by atoms with E-state index in [9.17, 15) is 4.79 Å². The third-order valence-electron chi connectivity index (χ3n) is 3.83. The molecular weight excluding hydrogens is 312 g/mol. The Morgan fingerprint density at radius 2 is 1.40 bits per heavy atom. The number of nitrogens with zero attached hydrogens (tertiary/aromatic N) is 2. The van der Waals surface area contributed by atoms with Crippen molar-refractivity contribution in [3.8, 4) is 0 Å². The number of carbonyl (C=O) groups is 1. The topological polar surface area (TPSA) is 52.1 Å². The van der Waals surface area contributed by atoms with Gasteiger partial charge in [-0.25, -0.2) is 4.79 Å². The lowest BCUT2D eigenvalue weighted by molar-refractivity contribution is -0.149. The van der Waals surface area contributed by atoms with Gasteiger partial charge in [0.05, 0.1) is 11.4 Å². The first kappa shape index (κ1) is 16.6. The Balaban J connectivity index is 2.31. The third kappa shape index (κ3) is 3.19. The van der Waals surface area contributed by atoms with Gasteiger partial charge in [0.25, 0.3) is 0 Å². The summed E-state index contributed by atoms with van der Waals surface area (Å²) in [4.78, 5) is 21.4. The molecule has 3 aromatic rings. The van der Waals surface area contributed by atoms with Crippen molar-refractivity contribution in [2.45, 2.75) is 12.5 Å². The molecule has 4 nitrogen and oxygen atoms in total. The van der Waals surface area contributed by atoms with Crippen LogP contribution in [0.25, 0.3) is 0 Å². The van der Waals surface area contributed by atoms with Gasteiger partial charge in [-0.3, -0.25) is 9.97 Å². The molecular formula is C21H18N2O2. The molecule has 0 saturated carbocycles. The van der Waals surface area contributed by atoms with Crippen LogP contribution in [0.1, 0.15) is 23.9 Å². The minimum Gasteiger partial charge on any atom is -0.438 e. The average Bonchev–Trinajstić information content (AvgIpc) is 2.68. The van der Waals surface area contributed by atoms with Crippen LogP contribution in [-0.2, 0) is 15.1 Å². The van der Waals surface area contributed by atoms with E-state index in [1.807, 2.05) is 66.7 Å². The predicted molar refractivity (Wildman–Crippen MR) is 95.7 cm³/mol. The number of benzene rings is 1. The van der Waals surface area contributed by atoms with Gasteiger partial charge in [0.15, 0.2) is 0 Å². The molecule has 0 aliphatic heterocycles. The van der Waals surface area contributed by atoms with Crippen LogP contribution < -0.4 is 0 Å². The minimum atomic E-state index is -1.25. The quantitative estimate of drug-likeness (QED) is 0.526. The van der Waals surface area contributed by atoms with Crippen molar-refractivity contribution < 1.29 is 9.53 Å². The second-order valence-electron chi connectivity index (χ2n) is 5.65. The molecule has 25 heavy (non-hydrogen) atoms. The zero-order chi connectivity index (χ0) is 17.7. The normalized spacial score (nSPS) is 10.9. The van der Waals surface area contributed by atoms with E-state index in [4.69, 9.17) is 4.74 Å². The zero-order valence-electron chi connectivity index (χ0n) is 13.9. The molecule has 0 amide bonds. The summed E-state index contributed by atoms with van der Waals surface area (Å²) in [6.07, 6.45) is 3.34. The standard InChI is InChI=1S/C21H18N2O2/c1-16(2)20(24)25-21(17-10-4-3-5-11-17,18-12-6-8-14-22-18)19-13-7-9-15-23-19/h3-15H,1H2,2H3. The monoisotopic (exact) mass is 330 g/mol. The number of aromatic nitrogens is 2. The molecule has 2 heterocycles. The van der Waals surface area contributed by atoms with Crippen LogP contribution in [0, 0.1) is 0 Å². The largest absolute Gasteiger partial charge is 0.438 e. The molecule has 0 N–H and O–H groups in total. The van der Waals surface area contributed by atoms with E-state index in [0.29, 0.717) is 17.0 Å². The molecule has 0 bridgehead atoms.